The lowest BCUT2D eigenvalue weighted by molar-refractivity contribution is -0.132. The number of methoxy groups -OCH3 is 2. The molecule has 38 heavy (non-hydrogen) atoms. The maximum Gasteiger partial charge on any atom is 0.301 e. The summed E-state index contributed by atoms with van der Waals surface area (Å²) in [6.45, 7) is 2.40. The summed E-state index contributed by atoms with van der Waals surface area (Å²) in [5, 5.41) is 12.1. The zero-order valence-corrected chi connectivity index (χ0v) is 22.3. The number of anilines is 1. The Hall–Kier alpha value is -4.08. The number of ketones is 1. The number of hydrogen-bond acceptors (Lipinski definition) is 8. The van der Waals surface area contributed by atoms with Crippen molar-refractivity contribution in [1.82, 2.24) is 4.98 Å². The number of benzene rings is 3. The lowest BCUT2D eigenvalue weighted by atomic mass is 9.95. The van der Waals surface area contributed by atoms with E-state index in [1.807, 2.05) is 13.0 Å². The van der Waals surface area contributed by atoms with Gasteiger partial charge in [0.05, 0.1) is 42.7 Å². The van der Waals surface area contributed by atoms with Gasteiger partial charge in [0.25, 0.3) is 5.78 Å². The second kappa shape index (κ2) is 10.4. The van der Waals surface area contributed by atoms with Crippen LogP contribution in [0.2, 0.25) is 5.02 Å². The summed E-state index contributed by atoms with van der Waals surface area (Å²) >= 11 is 7.27. The van der Waals surface area contributed by atoms with Crippen LogP contribution in [0, 0.1) is 0 Å². The third kappa shape index (κ3) is 4.44. The van der Waals surface area contributed by atoms with E-state index in [0.717, 1.165) is 4.70 Å². The van der Waals surface area contributed by atoms with Crippen molar-refractivity contribution < 1.29 is 28.9 Å². The first-order valence-corrected chi connectivity index (χ1v) is 12.9. The Labute approximate surface area is 227 Å². The molecule has 10 heteroatoms. The number of carbonyl (C=O) groups excluding carboxylic acids is 2. The van der Waals surface area contributed by atoms with E-state index in [1.54, 1.807) is 54.6 Å². The fraction of sp³-hybridized carbons (Fsp3) is 0.179. The molecular weight excluding hydrogens is 528 g/mol. The van der Waals surface area contributed by atoms with Crippen LogP contribution in [0.5, 0.6) is 17.2 Å². The minimum atomic E-state index is -0.975. The monoisotopic (exact) mass is 550 g/mol. The first-order chi connectivity index (χ1) is 18.4. The molecule has 1 N–H and O–H groups in total. The van der Waals surface area contributed by atoms with Crippen LogP contribution < -0.4 is 19.1 Å². The largest absolute Gasteiger partial charge is 0.507 e. The van der Waals surface area contributed by atoms with Crippen molar-refractivity contribution in [3.05, 3.63) is 82.4 Å². The molecule has 3 aromatic carbocycles. The molecule has 0 bridgehead atoms. The number of Topliss-reactive ketones (excluding diaryl/α,β-unsaturated/α-hetero) is 1. The van der Waals surface area contributed by atoms with Gasteiger partial charge in [-0.1, -0.05) is 29.0 Å². The molecule has 0 aliphatic carbocycles. The molecule has 1 fully saturated rings. The molecular formula is C28H23ClN2O6S. The molecule has 1 saturated heterocycles. The van der Waals surface area contributed by atoms with Gasteiger partial charge in [0.2, 0.25) is 0 Å². The van der Waals surface area contributed by atoms with Crippen molar-refractivity contribution in [3.8, 4) is 17.2 Å². The van der Waals surface area contributed by atoms with E-state index in [2.05, 4.69) is 4.98 Å². The molecule has 5 rings (SSSR count). The first-order valence-electron chi connectivity index (χ1n) is 11.7. The summed E-state index contributed by atoms with van der Waals surface area (Å²) in [5.74, 6) is -0.378. The van der Waals surface area contributed by atoms with Crippen LogP contribution in [0.15, 0.2) is 66.2 Å². The molecule has 1 unspecified atom stereocenters. The Morgan fingerprint density at radius 1 is 1.03 bits per heavy atom. The molecule has 4 aromatic rings. The number of thiazole rings is 1. The maximum absolute atomic E-state index is 13.5. The molecule has 194 valence electrons. The number of hydrogen-bond donors (Lipinski definition) is 1. The van der Waals surface area contributed by atoms with Crippen LogP contribution >= 0.6 is 22.9 Å². The molecule has 0 saturated carbocycles. The summed E-state index contributed by atoms with van der Waals surface area (Å²) in [7, 11) is 3.01. The van der Waals surface area contributed by atoms with E-state index in [-0.39, 0.29) is 11.3 Å². The highest BCUT2D eigenvalue weighted by Gasteiger charge is 2.48. The number of rotatable bonds is 7. The van der Waals surface area contributed by atoms with Crippen LogP contribution in [0.3, 0.4) is 0 Å². The minimum Gasteiger partial charge on any atom is -0.507 e. The van der Waals surface area contributed by atoms with Crippen molar-refractivity contribution in [3.63, 3.8) is 0 Å². The van der Waals surface area contributed by atoms with Crippen LogP contribution in [0.25, 0.3) is 16.0 Å². The number of aromatic nitrogens is 1. The molecule has 1 atom stereocenters. The molecule has 1 aliphatic rings. The van der Waals surface area contributed by atoms with E-state index >= 15 is 0 Å². The van der Waals surface area contributed by atoms with Crippen molar-refractivity contribution in [2.24, 2.45) is 0 Å². The summed E-state index contributed by atoms with van der Waals surface area (Å²) in [6, 6.07) is 15.9. The number of aliphatic hydroxyl groups excluding tert-OH is 1. The normalized spacial score (nSPS) is 16.7. The quantitative estimate of drug-likeness (QED) is 0.171. The maximum atomic E-state index is 13.5. The fourth-order valence-corrected chi connectivity index (χ4v) is 5.53. The lowest BCUT2D eigenvalue weighted by Gasteiger charge is -2.23. The highest BCUT2D eigenvalue weighted by atomic mass is 35.5. The Bertz CT molecular complexity index is 1580. The minimum absolute atomic E-state index is 0.0706. The zero-order chi connectivity index (χ0) is 27.0. The third-order valence-electron chi connectivity index (χ3n) is 6.15. The van der Waals surface area contributed by atoms with Crippen molar-refractivity contribution in [1.29, 1.82) is 0 Å². The van der Waals surface area contributed by atoms with E-state index < -0.39 is 17.7 Å². The van der Waals surface area contributed by atoms with Gasteiger partial charge in [0.1, 0.15) is 11.5 Å². The van der Waals surface area contributed by atoms with Gasteiger partial charge >= 0.3 is 5.91 Å². The standard InChI is InChI=1S/C28H23ClN2O6S/c1-4-37-18-10-11-19-22(14-18)38-28(30-19)31-24(16-7-12-20(35-2)21(13-16)36-3)23(26(33)27(31)34)25(32)15-5-8-17(29)9-6-15/h5-14,24,32H,4H2,1-3H3. The van der Waals surface area contributed by atoms with Crippen molar-refractivity contribution in [2.75, 3.05) is 25.7 Å². The van der Waals surface area contributed by atoms with Crippen LogP contribution in [-0.4, -0.2) is 42.6 Å². The van der Waals surface area contributed by atoms with E-state index in [4.69, 9.17) is 25.8 Å². The highest BCUT2D eigenvalue weighted by Crippen LogP contribution is 2.46. The lowest BCUT2D eigenvalue weighted by Crippen LogP contribution is -2.29. The SMILES string of the molecule is CCOc1ccc2nc(N3C(=O)C(=O)C(=C(O)c4ccc(Cl)cc4)C3c3ccc(OC)c(OC)c3)sc2c1. The number of nitrogens with zero attached hydrogens (tertiary/aromatic N) is 2. The number of amides is 1. The summed E-state index contributed by atoms with van der Waals surface area (Å²) < 4.78 is 17.2. The van der Waals surface area contributed by atoms with Gasteiger partial charge in [-0.2, -0.15) is 0 Å². The Balaban J connectivity index is 1.71. The molecule has 0 spiro atoms. The second-order valence-electron chi connectivity index (χ2n) is 8.35. The van der Waals surface area contributed by atoms with Gasteiger partial charge in [-0.3, -0.25) is 14.5 Å². The summed E-state index contributed by atoms with van der Waals surface area (Å²) in [6.07, 6.45) is 0. The van der Waals surface area contributed by atoms with Crippen LogP contribution in [0.1, 0.15) is 24.1 Å². The highest BCUT2D eigenvalue weighted by molar-refractivity contribution is 7.22. The number of halogens is 1. The summed E-state index contributed by atoms with van der Waals surface area (Å²) in [4.78, 5) is 32.9. The molecule has 0 radical (unpaired) electrons. The van der Waals surface area contributed by atoms with Crippen molar-refractivity contribution >= 4 is 55.7 Å². The predicted molar refractivity (Wildman–Crippen MR) is 147 cm³/mol. The van der Waals surface area contributed by atoms with Gasteiger partial charge in [-0.25, -0.2) is 4.98 Å². The van der Waals surface area contributed by atoms with Gasteiger partial charge < -0.3 is 19.3 Å². The number of aliphatic hydroxyl groups is 1. The zero-order valence-electron chi connectivity index (χ0n) is 20.7. The predicted octanol–water partition coefficient (Wildman–Crippen LogP) is 5.99. The number of fused-ring (bicyclic) bond motifs is 1. The molecule has 8 nitrogen and oxygen atoms in total. The fourth-order valence-electron chi connectivity index (χ4n) is 4.38. The average Bonchev–Trinajstić information content (AvgIpc) is 3.46. The average molecular weight is 551 g/mol. The van der Waals surface area contributed by atoms with Crippen molar-refractivity contribution in [2.45, 2.75) is 13.0 Å². The summed E-state index contributed by atoms with van der Waals surface area (Å²) in [5.41, 5.74) is 1.47. The Morgan fingerprint density at radius 3 is 2.45 bits per heavy atom. The Morgan fingerprint density at radius 2 is 1.76 bits per heavy atom. The first kappa shape index (κ1) is 25.6. The molecule has 1 aliphatic heterocycles. The van der Waals surface area contributed by atoms with E-state index in [0.29, 0.717) is 50.7 Å². The van der Waals surface area contributed by atoms with Crippen LogP contribution in [-0.2, 0) is 9.59 Å². The molecule has 2 heterocycles. The second-order valence-corrected chi connectivity index (χ2v) is 9.79. The van der Waals surface area contributed by atoms with Gasteiger partial charge in [0.15, 0.2) is 16.6 Å². The topological polar surface area (TPSA) is 98.2 Å². The number of carbonyl (C=O) groups is 2. The third-order valence-corrected chi connectivity index (χ3v) is 7.42. The van der Waals surface area contributed by atoms with E-state index in [9.17, 15) is 14.7 Å². The van der Waals surface area contributed by atoms with Crippen LogP contribution in [0.4, 0.5) is 5.13 Å². The molecule has 1 aromatic heterocycles. The van der Waals surface area contributed by atoms with Gasteiger partial charge in [-0.15, -0.1) is 0 Å². The Kier molecular flexibility index (Phi) is 6.96. The smallest absolute Gasteiger partial charge is 0.301 e. The van der Waals surface area contributed by atoms with E-state index in [1.165, 1.54) is 30.5 Å². The molecule has 1 amide bonds. The van der Waals surface area contributed by atoms with Gasteiger partial charge in [0, 0.05) is 10.6 Å². The number of ether oxygens (including phenoxy) is 3. The van der Waals surface area contributed by atoms with Gasteiger partial charge in [-0.05, 0) is 67.1 Å².